The van der Waals surface area contributed by atoms with Gasteiger partial charge in [-0.05, 0) is 18.6 Å². The Hall–Kier alpha value is -1.44. The van der Waals surface area contributed by atoms with Gasteiger partial charge in [0.25, 0.3) is 0 Å². The molecule has 0 spiro atoms. The van der Waals surface area contributed by atoms with Crippen LogP contribution in [-0.4, -0.2) is 9.97 Å². The van der Waals surface area contributed by atoms with Crippen molar-refractivity contribution in [2.75, 3.05) is 0 Å². The number of fused-ring (bicyclic) bond motifs is 1. The average Bonchev–Trinajstić information content (AvgIpc) is 2.06. The van der Waals surface area contributed by atoms with Gasteiger partial charge < -0.3 is 0 Å². The summed E-state index contributed by atoms with van der Waals surface area (Å²) in [5.41, 5.74) is 2.16. The van der Waals surface area contributed by atoms with Crippen LogP contribution in [0.2, 0.25) is 0 Å². The van der Waals surface area contributed by atoms with E-state index in [1.165, 1.54) is 5.56 Å². The molecule has 0 aliphatic rings. The van der Waals surface area contributed by atoms with Crippen molar-refractivity contribution in [2.45, 2.75) is 6.92 Å². The minimum atomic E-state index is 0.958. The molecule has 0 fully saturated rings. The van der Waals surface area contributed by atoms with Gasteiger partial charge in [-0.3, -0.25) is 0 Å². The first-order valence-electron chi connectivity index (χ1n) is 3.46. The van der Waals surface area contributed by atoms with Gasteiger partial charge in [0.2, 0.25) is 0 Å². The van der Waals surface area contributed by atoms with Crippen molar-refractivity contribution in [3.05, 3.63) is 36.3 Å². The molecule has 53 valence electrons. The molecule has 1 aromatic heterocycles. The van der Waals surface area contributed by atoms with Crippen molar-refractivity contribution < 1.29 is 0 Å². The summed E-state index contributed by atoms with van der Waals surface area (Å²) in [6, 6.07) is 5.99. The monoisotopic (exact) mass is 143 g/mol. The molecule has 11 heavy (non-hydrogen) atoms. The highest BCUT2D eigenvalue weighted by Gasteiger charge is 1.94. The van der Waals surface area contributed by atoms with E-state index >= 15 is 0 Å². The number of benzene rings is 1. The maximum atomic E-state index is 4.01. The van der Waals surface area contributed by atoms with Gasteiger partial charge in [0.1, 0.15) is 0 Å². The quantitative estimate of drug-likeness (QED) is 0.561. The Bertz CT molecular complexity index is 377. The Morgan fingerprint density at radius 1 is 1.36 bits per heavy atom. The Balaban J connectivity index is 2.91. The minimum absolute atomic E-state index is 0.958. The fourth-order valence-electron chi connectivity index (χ4n) is 1.11. The van der Waals surface area contributed by atoms with E-state index in [2.05, 4.69) is 16.3 Å². The van der Waals surface area contributed by atoms with Crippen LogP contribution < -0.4 is 0 Å². The Labute approximate surface area is 64.9 Å². The molecule has 0 unspecified atom stereocenters. The summed E-state index contributed by atoms with van der Waals surface area (Å²) in [5, 5.41) is 1.10. The third kappa shape index (κ3) is 0.963. The summed E-state index contributed by atoms with van der Waals surface area (Å²) in [7, 11) is 0. The number of aromatic nitrogens is 2. The molecule has 2 rings (SSSR count). The van der Waals surface area contributed by atoms with Gasteiger partial charge in [-0.1, -0.05) is 12.1 Å². The number of hydrogen-bond acceptors (Lipinski definition) is 2. The number of nitrogens with zero attached hydrogens (tertiary/aromatic N) is 2. The summed E-state index contributed by atoms with van der Waals surface area (Å²) in [6.07, 6.45) is 4.35. The Morgan fingerprint density at radius 2 is 2.27 bits per heavy atom. The first kappa shape index (κ1) is 6.28. The van der Waals surface area contributed by atoms with Crippen LogP contribution in [0, 0.1) is 13.3 Å². The fourth-order valence-corrected chi connectivity index (χ4v) is 1.11. The second-order valence-corrected chi connectivity index (χ2v) is 2.48. The summed E-state index contributed by atoms with van der Waals surface area (Å²) in [6.45, 7) is 2.05. The maximum absolute atomic E-state index is 4.01. The first-order chi connectivity index (χ1) is 5.38. The van der Waals surface area contributed by atoms with Gasteiger partial charge >= 0.3 is 0 Å². The third-order valence-electron chi connectivity index (χ3n) is 1.72. The highest BCUT2D eigenvalue weighted by Crippen LogP contribution is 2.12. The highest BCUT2D eigenvalue weighted by molar-refractivity contribution is 5.80. The van der Waals surface area contributed by atoms with E-state index in [9.17, 15) is 0 Å². The van der Waals surface area contributed by atoms with Gasteiger partial charge in [-0.15, -0.1) is 0 Å². The van der Waals surface area contributed by atoms with Crippen LogP contribution in [0.4, 0.5) is 0 Å². The number of rotatable bonds is 0. The summed E-state index contributed by atoms with van der Waals surface area (Å²) < 4.78 is 0. The SMILES string of the molecule is Cc1cccc2n[c]ncc12. The van der Waals surface area contributed by atoms with Gasteiger partial charge in [0.15, 0.2) is 6.33 Å². The van der Waals surface area contributed by atoms with Gasteiger partial charge in [0.05, 0.1) is 5.52 Å². The standard InChI is InChI=1S/C9H7N2/c1-7-3-2-4-9-8(7)5-10-6-11-9/h2-5H,1H3. The van der Waals surface area contributed by atoms with E-state index in [1.807, 2.05) is 25.1 Å². The molecule has 0 amide bonds. The van der Waals surface area contributed by atoms with E-state index in [0.29, 0.717) is 0 Å². The number of hydrogen-bond donors (Lipinski definition) is 0. The van der Waals surface area contributed by atoms with Crippen LogP contribution in [0.15, 0.2) is 24.4 Å². The van der Waals surface area contributed by atoms with Crippen molar-refractivity contribution in [1.82, 2.24) is 9.97 Å². The smallest absolute Gasteiger partial charge is 0.198 e. The van der Waals surface area contributed by atoms with E-state index in [0.717, 1.165) is 10.9 Å². The molecule has 0 bridgehead atoms. The molecule has 0 saturated carbocycles. The van der Waals surface area contributed by atoms with Crippen molar-refractivity contribution in [1.29, 1.82) is 0 Å². The lowest BCUT2D eigenvalue weighted by Crippen LogP contribution is -1.83. The molecule has 2 aromatic rings. The third-order valence-corrected chi connectivity index (χ3v) is 1.72. The minimum Gasteiger partial charge on any atom is -0.233 e. The van der Waals surface area contributed by atoms with Gasteiger partial charge in [-0.2, -0.15) is 0 Å². The zero-order chi connectivity index (χ0) is 7.68. The normalized spacial score (nSPS) is 10.3. The van der Waals surface area contributed by atoms with Crippen LogP contribution in [0.25, 0.3) is 10.9 Å². The van der Waals surface area contributed by atoms with Crippen LogP contribution in [0.3, 0.4) is 0 Å². The summed E-state index contributed by atoms with van der Waals surface area (Å²) in [5.74, 6) is 0. The molecular formula is C9H7N2. The van der Waals surface area contributed by atoms with Crippen LogP contribution in [-0.2, 0) is 0 Å². The topological polar surface area (TPSA) is 25.8 Å². The molecule has 1 heterocycles. The Morgan fingerprint density at radius 3 is 3.09 bits per heavy atom. The first-order valence-corrected chi connectivity index (χ1v) is 3.46. The van der Waals surface area contributed by atoms with E-state index in [-0.39, 0.29) is 0 Å². The van der Waals surface area contributed by atoms with Crippen molar-refractivity contribution in [2.24, 2.45) is 0 Å². The van der Waals surface area contributed by atoms with Crippen LogP contribution >= 0.6 is 0 Å². The second-order valence-electron chi connectivity index (χ2n) is 2.48. The number of aryl methyl sites for hydroxylation is 1. The van der Waals surface area contributed by atoms with E-state index in [1.54, 1.807) is 6.20 Å². The lowest BCUT2D eigenvalue weighted by molar-refractivity contribution is 1.20. The second kappa shape index (κ2) is 2.31. The largest absolute Gasteiger partial charge is 0.233 e. The van der Waals surface area contributed by atoms with Gasteiger partial charge in [-0.25, -0.2) is 9.97 Å². The summed E-state index contributed by atoms with van der Waals surface area (Å²) >= 11 is 0. The van der Waals surface area contributed by atoms with Crippen molar-refractivity contribution >= 4 is 10.9 Å². The zero-order valence-corrected chi connectivity index (χ0v) is 6.20. The van der Waals surface area contributed by atoms with E-state index in [4.69, 9.17) is 0 Å². The molecule has 2 heteroatoms. The lowest BCUT2D eigenvalue weighted by atomic mass is 10.1. The molecule has 1 radical (unpaired) electrons. The predicted molar refractivity (Wildman–Crippen MR) is 43.1 cm³/mol. The van der Waals surface area contributed by atoms with Crippen LogP contribution in [0.1, 0.15) is 5.56 Å². The van der Waals surface area contributed by atoms with Gasteiger partial charge in [0, 0.05) is 11.6 Å². The Kier molecular flexibility index (Phi) is 1.32. The van der Waals surface area contributed by atoms with Crippen molar-refractivity contribution in [3.63, 3.8) is 0 Å². The molecule has 0 aliphatic carbocycles. The molecule has 0 saturated heterocycles. The zero-order valence-electron chi connectivity index (χ0n) is 6.20. The molecule has 2 nitrogen and oxygen atoms in total. The highest BCUT2D eigenvalue weighted by atomic mass is 14.8. The fraction of sp³-hybridized carbons (Fsp3) is 0.111. The molecule has 0 aliphatic heterocycles. The van der Waals surface area contributed by atoms with Crippen LogP contribution in [0.5, 0.6) is 0 Å². The maximum Gasteiger partial charge on any atom is 0.198 e. The molecular weight excluding hydrogens is 136 g/mol. The molecule has 0 atom stereocenters. The molecule has 0 N–H and O–H groups in total. The van der Waals surface area contributed by atoms with E-state index < -0.39 is 0 Å². The average molecular weight is 143 g/mol. The van der Waals surface area contributed by atoms with Crippen molar-refractivity contribution in [3.8, 4) is 0 Å². The summed E-state index contributed by atoms with van der Waals surface area (Å²) in [4.78, 5) is 7.84. The predicted octanol–water partition coefficient (Wildman–Crippen LogP) is 1.74. The molecule has 1 aromatic carbocycles. The lowest BCUT2D eigenvalue weighted by Gasteiger charge is -1.96.